The maximum atomic E-state index is 14.1. The lowest BCUT2D eigenvalue weighted by molar-refractivity contribution is -0.115. The van der Waals surface area contributed by atoms with Gasteiger partial charge in [-0.25, -0.2) is 9.37 Å². The molecule has 0 spiro atoms. The largest absolute Gasteiger partial charge is 0.405 e. The van der Waals surface area contributed by atoms with Crippen molar-refractivity contribution in [2.24, 2.45) is 0 Å². The first-order valence-electron chi connectivity index (χ1n) is 6.30. The summed E-state index contributed by atoms with van der Waals surface area (Å²) < 4.78 is 52.8. The molecular weight excluding hydrogens is 338 g/mol. The molecule has 0 aliphatic heterocycles. The van der Waals surface area contributed by atoms with Gasteiger partial charge in [0, 0.05) is 17.3 Å². The van der Waals surface area contributed by atoms with Crippen LogP contribution in [0.15, 0.2) is 30.7 Å². The highest BCUT2D eigenvalue weighted by Crippen LogP contribution is 2.35. The van der Waals surface area contributed by atoms with Gasteiger partial charge in [-0.05, 0) is 12.1 Å². The number of anilines is 1. The fourth-order valence-electron chi connectivity index (χ4n) is 2.07. The molecule has 23 heavy (non-hydrogen) atoms. The third-order valence-corrected chi connectivity index (χ3v) is 3.31. The van der Waals surface area contributed by atoms with Gasteiger partial charge in [0.05, 0.1) is 5.02 Å². The Labute approximate surface area is 131 Å². The molecule has 2 aromatic heterocycles. The summed E-state index contributed by atoms with van der Waals surface area (Å²) in [6.07, 6.45) is -2.13. The lowest BCUT2D eigenvalue weighted by Crippen LogP contribution is -2.23. The first-order chi connectivity index (χ1) is 10.9. The van der Waals surface area contributed by atoms with Crippen LogP contribution in [0.4, 0.5) is 23.4 Å². The van der Waals surface area contributed by atoms with E-state index in [9.17, 15) is 17.6 Å². The van der Waals surface area contributed by atoms with Crippen molar-refractivity contribution in [1.29, 1.82) is 0 Å². The van der Waals surface area contributed by atoms with Crippen LogP contribution in [0.1, 0.15) is 0 Å². The maximum absolute atomic E-state index is 14.1. The van der Waals surface area contributed by atoms with Gasteiger partial charge in [0.15, 0.2) is 0 Å². The molecule has 0 bridgehead atoms. The molecule has 0 aliphatic rings. The summed E-state index contributed by atoms with van der Waals surface area (Å²) in [5.74, 6) is -0.712. The molecule has 5 nitrogen and oxygen atoms in total. The number of rotatable bonds is 3. The minimum atomic E-state index is -4.47. The van der Waals surface area contributed by atoms with E-state index in [4.69, 9.17) is 11.6 Å². The van der Waals surface area contributed by atoms with Crippen LogP contribution in [-0.2, 0) is 0 Å². The van der Waals surface area contributed by atoms with E-state index < -0.39 is 18.5 Å². The first-order valence-corrected chi connectivity index (χ1v) is 6.68. The molecule has 10 heteroatoms. The van der Waals surface area contributed by atoms with Gasteiger partial charge in [-0.1, -0.05) is 17.7 Å². The van der Waals surface area contributed by atoms with E-state index in [0.29, 0.717) is 0 Å². The van der Waals surface area contributed by atoms with Crippen LogP contribution in [0.2, 0.25) is 5.02 Å². The van der Waals surface area contributed by atoms with Crippen LogP contribution in [0.3, 0.4) is 0 Å². The normalized spacial score (nSPS) is 11.9. The van der Waals surface area contributed by atoms with Crippen LogP contribution >= 0.6 is 11.6 Å². The van der Waals surface area contributed by atoms with Crippen molar-refractivity contribution >= 4 is 23.2 Å². The topological polar surface area (TPSA) is 55.1 Å². The van der Waals surface area contributed by atoms with E-state index in [2.05, 4.69) is 20.4 Å². The molecule has 0 radical (unpaired) electrons. The molecule has 0 amide bonds. The van der Waals surface area contributed by atoms with E-state index in [1.54, 1.807) is 0 Å². The average molecular weight is 346 g/mol. The number of fused-ring (bicyclic) bond motifs is 1. The number of halogens is 5. The molecule has 3 aromatic rings. The van der Waals surface area contributed by atoms with Gasteiger partial charge in [0.2, 0.25) is 0 Å². The van der Waals surface area contributed by atoms with Crippen molar-refractivity contribution in [1.82, 2.24) is 19.6 Å². The van der Waals surface area contributed by atoms with E-state index >= 15 is 0 Å². The van der Waals surface area contributed by atoms with Crippen LogP contribution in [-0.4, -0.2) is 32.3 Å². The Kier molecular flexibility index (Phi) is 3.80. The second-order valence-electron chi connectivity index (χ2n) is 4.56. The molecule has 2 heterocycles. The van der Waals surface area contributed by atoms with E-state index in [1.165, 1.54) is 18.3 Å². The van der Waals surface area contributed by atoms with E-state index in [0.717, 1.165) is 16.9 Å². The van der Waals surface area contributed by atoms with Crippen LogP contribution in [0.5, 0.6) is 0 Å². The first kappa shape index (κ1) is 15.5. The van der Waals surface area contributed by atoms with Crippen molar-refractivity contribution in [3.63, 3.8) is 0 Å². The molecule has 0 fully saturated rings. The number of benzene rings is 1. The van der Waals surface area contributed by atoms with Gasteiger partial charge < -0.3 is 5.32 Å². The Morgan fingerprint density at radius 2 is 2.00 bits per heavy atom. The van der Waals surface area contributed by atoms with Crippen molar-refractivity contribution in [3.8, 4) is 11.1 Å². The van der Waals surface area contributed by atoms with Crippen molar-refractivity contribution in [3.05, 3.63) is 41.6 Å². The SMILES string of the molecule is Fc1cccc(Cl)c1-c1cnc2ncnn2c1NCC(F)(F)F. The zero-order chi connectivity index (χ0) is 16.6. The van der Waals surface area contributed by atoms with Gasteiger partial charge in [-0.2, -0.15) is 27.8 Å². The summed E-state index contributed by atoms with van der Waals surface area (Å²) in [7, 11) is 0. The van der Waals surface area contributed by atoms with Crippen molar-refractivity contribution < 1.29 is 17.6 Å². The lowest BCUT2D eigenvalue weighted by Gasteiger charge is -2.15. The summed E-state index contributed by atoms with van der Waals surface area (Å²) in [4.78, 5) is 7.74. The molecule has 1 aromatic carbocycles. The molecule has 0 saturated carbocycles. The highest BCUT2D eigenvalue weighted by Gasteiger charge is 2.28. The summed E-state index contributed by atoms with van der Waals surface area (Å²) in [6.45, 7) is -1.33. The Morgan fingerprint density at radius 3 is 2.70 bits per heavy atom. The maximum Gasteiger partial charge on any atom is 0.405 e. The number of aromatic nitrogens is 4. The van der Waals surface area contributed by atoms with Crippen LogP contribution in [0.25, 0.3) is 16.9 Å². The highest BCUT2D eigenvalue weighted by molar-refractivity contribution is 6.33. The minimum Gasteiger partial charge on any atom is -0.360 e. The van der Waals surface area contributed by atoms with E-state index in [1.807, 2.05) is 0 Å². The Hall–Kier alpha value is -2.42. The Bertz CT molecular complexity index is 841. The summed E-state index contributed by atoms with van der Waals surface area (Å²) in [5, 5.41) is 6.06. The lowest BCUT2D eigenvalue weighted by atomic mass is 10.1. The van der Waals surface area contributed by atoms with Gasteiger partial charge >= 0.3 is 6.18 Å². The quantitative estimate of drug-likeness (QED) is 0.737. The summed E-state index contributed by atoms with van der Waals surface area (Å²) in [5.41, 5.74) is -0.0147. The van der Waals surface area contributed by atoms with Crippen molar-refractivity contribution in [2.45, 2.75) is 6.18 Å². The number of nitrogens with one attached hydrogen (secondary N) is 1. The molecular formula is C13H8ClF4N5. The zero-order valence-electron chi connectivity index (χ0n) is 11.3. The predicted octanol–water partition coefficient (Wildman–Crippen LogP) is 3.56. The van der Waals surface area contributed by atoms with Crippen molar-refractivity contribution in [2.75, 3.05) is 11.9 Å². The van der Waals surface area contributed by atoms with Gasteiger partial charge in [-0.15, -0.1) is 0 Å². The van der Waals surface area contributed by atoms with Gasteiger partial charge in [0.25, 0.3) is 5.78 Å². The molecule has 0 unspecified atom stereocenters. The summed E-state index contributed by atoms with van der Waals surface area (Å²) in [6, 6.07) is 3.98. The third kappa shape index (κ3) is 3.04. The minimum absolute atomic E-state index is 0.0429. The zero-order valence-corrected chi connectivity index (χ0v) is 12.0. The van der Waals surface area contributed by atoms with Gasteiger partial charge in [-0.3, -0.25) is 0 Å². The molecule has 120 valence electrons. The number of nitrogens with zero attached hydrogens (tertiary/aromatic N) is 4. The molecule has 0 atom stereocenters. The monoisotopic (exact) mass is 345 g/mol. The predicted molar refractivity (Wildman–Crippen MR) is 75.7 cm³/mol. The fourth-order valence-corrected chi connectivity index (χ4v) is 2.34. The Morgan fingerprint density at radius 1 is 1.22 bits per heavy atom. The standard InChI is InChI=1S/C13H8ClF4N5/c14-8-2-1-3-9(15)10(8)7-4-19-12-21-6-22-23(12)11(7)20-5-13(16,17)18/h1-4,6,20H,5H2. The smallest absolute Gasteiger partial charge is 0.360 e. The van der Waals surface area contributed by atoms with E-state index in [-0.39, 0.29) is 27.7 Å². The highest BCUT2D eigenvalue weighted by atomic mass is 35.5. The second-order valence-corrected chi connectivity index (χ2v) is 4.96. The van der Waals surface area contributed by atoms with Crippen LogP contribution < -0.4 is 5.32 Å². The Balaban J connectivity index is 2.20. The molecule has 0 saturated heterocycles. The number of hydrogen-bond donors (Lipinski definition) is 1. The number of hydrogen-bond acceptors (Lipinski definition) is 4. The molecule has 1 N–H and O–H groups in total. The number of alkyl halides is 3. The van der Waals surface area contributed by atoms with Gasteiger partial charge in [0.1, 0.15) is 24.5 Å². The molecule has 0 aliphatic carbocycles. The second kappa shape index (κ2) is 5.65. The fraction of sp³-hybridized carbons (Fsp3) is 0.154. The molecule has 3 rings (SSSR count). The summed E-state index contributed by atoms with van der Waals surface area (Å²) >= 11 is 5.99. The van der Waals surface area contributed by atoms with Crippen LogP contribution in [0, 0.1) is 5.82 Å². The third-order valence-electron chi connectivity index (χ3n) is 2.99. The average Bonchev–Trinajstić information content (AvgIpc) is 2.93.